The van der Waals surface area contributed by atoms with Crippen LogP contribution < -0.4 is 10.4 Å². The van der Waals surface area contributed by atoms with Crippen LogP contribution in [0.3, 0.4) is 0 Å². The number of hydrogen-bond donors (Lipinski definition) is 0. The molecule has 2 aromatic heterocycles. The van der Waals surface area contributed by atoms with Crippen molar-refractivity contribution in [2.75, 3.05) is 13.7 Å². The van der Waals surface area contributed by atoms with E-state index in [0.29, 0.717) is 23.4 Å². The van der Waals surface area contributed by atoms with Crippen molar-refractivity contribution in [1.29, 1.82) is 0 Å². The summed E-state index contributed by atoms with van der Waals surface area (Å²) in [5, 5.41) is 5.27. The molecule has 0 atom stereocenters. The highest BCUT2D eigenvalue weighted by Crippen LogP contribution is 2.30. The average molecular weight is 356 g/mol. The summed E-state index contributed by atoms with van der Waals surface area (Å²) in [5.74, 6) is -0.0444. The van der Waals surface area contributed by atoms with Crippen LogP contribution in [0, 0.1) is 20.8 Å². The second kappa shape index (κ2) is 7.03. The highest BCUT2D eigenvalue weighted by Gasteiger charge is 2.17. The number of carbonyl (C=O) groups is 1. The number of aromatic nitrogens is 2. The highest BCUT2D eigenvalue weighted by atomic mass is 16.6. The number of nitrogens with zero attached hydrogens (tertiary/aromatic N) is 2. The predicted octanol–water partition coefficient (Wildman–Crippen LogP) is 2.51. The van der Waals surface area contributed by atoms with Gasteiger partial charge in [0.15, 0.2) is 6.61 Å². The molecule has 3 rings (SSSR count). The Balaban J connectivity index is 2.14. The minimum Gasteiger partial charge on any atom is -0.481 e. The number of hydrogen-bond acceptors (Lipinski definition) is 6. The van der Waals surface area contributed by atoms with Crippen molar-refractivity contribution in [2.24, 2.45) is 0 Å². The fourth-order valence-corrected chi connectivity index (χ4v) is 2.89. The van der Waals surface area contributed by atoms with Crippen LogP contribution in [0.5, 0.6) is 5.75 Å². The maximum atomic E-state index is 11.9. The quantitative estimate of drug-likeness (QED) is 0.516. The Morgan fingerprint density at radius 3 is 2.65 bits per heavy atom. The standard InChI is InChI=1S/C19H20N2O5/c1-11-7-17(22)26-19-14(11)5-6-16(25-10-18(23)24-4)15(19)9-21-13(3)8-12(2)20-21/h5-8H,9-10H2,1-4H3. The number of esters is 1. The summed E-state index contributed by atoms with van der Waals surface area (Å²) in [6.07, 6.45) is 0. The Morgan fingerprint density at radius 2 is 2.00 bits per heavy atom. The molecule has 0 amide bonds. The zero-order chi connectivity index (χ0) is 18.8. The maximum Gasteiger partial charge on any atom is 0.343 e. The number of methoxy groups -OCH3 is 1. The number of carbonyl (C=O) groups excluding carboxylic acids is 1. The van der Waals surface area contributed by atoms with E-state index in [2.05, 4.69) is 9.84 Å². The zero-order valence-electron chi connectivity index (χ0n) is 15.2. The van der Waals surface area contributed by atoms with Crippen molar-refractivity contribution < 1.29 is 18.7 Å². The molecule has 0 aliphatic rings. The average Bonchev–Trinajstić information content (AvgIpc) is 2.91. The first-order chi connectivity index (χ1) is 12.4. The van der Waals surface area contributed by atoms with Gasteiger partial charge in [0.25, 0.3) is 0 Å². The molecule has 2 heterocycles. The van der Waals surface area contributed by atoms with Gasteiger partial charge in [-0.3, -0.25) is 4.68 Å². The molecule has 0 saturated heterocycles. The van der Waals surface area contributed by atoms with Gasteiger partial charge in [-0.15, -0.1) is 0 Å². The summed E-state index contributed by atoms with van der Waals surface area (Å²) < 4.78 is 17.5. The number of aryl methyl sites for hydroxylation is 3. The molecule has 3 aromatic rings. The Morgan fingerprint density at radius 1 is 1.23 bits per heavy atom. The normalized spacial score (nSPS) is 10.9. The van der Waals surface area contributed by atoms with Crippen LogP contribution in [0.15, 0.2) is 33.5 Å². The molecule has 0 fully saturated rings. The fourth-order valence-electron chi connectivity index (χ4n) is 2.89. The van der Waals surface area contributed by atoms with Gasteiger partial charge in [-0.2, -0.15) is 5.10 Å². The van der Waals surface area contributed by atoms with Gasteiger partial charge in [-0.1, -0.05) is 0 Å². The van der Waals surface area contributed by atoms with Gasteiger partial charge in [0.05, 0.1) is 24.9 Å². The number of benzene rings is 1. The monoisotopic (exact) mass is 356 g/mol. The van der Waals surface area contributed by atoms with Crippen LogP contribution >= 0.6 is 0 Å². The number of rotatable bonds is 5. The van der Waals surface area contributed by atoms with Gasteiger partial charge in [0.2, 0.25) is 0 Å². The predicted molar refractivity (Wildman–Crippen MR) is 95.5 cm³/mol. The molecule has 136 valence electrons. The molecule has 0 bridgehead atoms. The van der Waals surface area contributed by atoms with Gasteiger partial charge in [0.1, 0.15) is 11.3 Å². The van der Waals surface area contributed by atoms with Crippen molar-refractivity contribution >= 4 is 16.9 Å². The third-order valence-electron chi connectivity index (χ3n) is 4.16. The van der Waals surface area contributed by atoms with Crippen molar-refractivity contribution in [3.05, 3.63) is 57.2 Å². The first-order valence-electron chi connectivity index (χ1n) is 8.16. The smallest absolute Gasteiger partial charge is 0.343 e. The van der Waals surface area contributed by atoms with Gasteiger partial charge in [-0.05, 0) is 44.5 Å². The van der Waals surface area contributed by atoms with Gasteiger partial charge >= 0.3 is 11.6 Å². The summed E-state index contributed by atoms with van der Waals surface area (Å²) in [6, 6.07) is 6.98. The zero-order valence-corrected chi connectivity index (χ0v) is 15.2. The van der Waals surface area contributed by atoms with Crippen molar-refractivity contribution in [3.8, 4) is 5.75 Å². The first-order valence-corrected chi connectivity index (χ1v) is 8.16. The molecule has 0 spiro atoms. The van der Waals surface area contributed by atoms with Crippen molar-refractivity contribution in [1.82, 2.24) is 9.78 Å². The van der Waals surface area contributed by atoms with E-state index < -0.39 is 11.6 Å². The third kappa shape index (κ3) is 3.46. The summed E-state index contributed by atoms with van der Waals surface area (Å²) in [5.41, 5.74) is 3.31. The maximum absolute atomic E-state index is 11.9. The van der Waals surface area contributed by atoms with E-state index in [1.165, 1.54) is 13.2 Å². The molecule has 0 aliphatic carbocycles. The van der Waals surface area contributed by atoms with Gasteiger partial charge < -0.3 is 13.9 Å². The number of fused-ring (bicyclic) bond motifs is 1. The molecule has 1 aromatic carbocycles. The molecular formula is C19H20N2O5. The van der Waals surface area contributed by atoms with Gasteiger partial charge in [-0.25, -0.2) is 9.59 Å². The Labute approximate surface area is 150 Å². The molecule has 0 unspecified atom stereocenters. The minimum atomic E-state index is -0.493. The topological polar surface area (TPSA) is 83.6 Å². The molecule has 0 N–H and O–H groups in total. The molecule has 7 heteroatoms. The lowest BCUT2D eigenvalue weighted by Crippen LogP contribution is -2.15. The Hall–Kier alpha value is -3.09. The lowest BCUT2D eigenvalue weighted by atomic mass is 10.1. The van der Waals surface area contributed by atoms with Crippen LogP contribution in [0.4, 0.5) is 0 Å². The summed E-state index contributed by atoms with van der Waals surface area (Å²) in [7, 11) is 1.30. The van der Waals surface area contributed by atoms with Crippen LogP contribution in [-0.4, -0.2) is 29.5 Å². The van der Waals surface area contributed by atoms with Crippen LogP contribution in [0.2, 0.25) is 0 Å². The van der Waals surface area contributed by atoms with Gasteiger partial charge in [0, 0.05) is 17.1 Å². The lowest BCUT2D eigenvalue weighted by molar-refractivity contribution is -0.142. The van der Waals surface area contributed by atoms with Crippen LogP contribution in [0.25, 0.3) is 11.0 Å². The molecular weight excluding hydrogens is 336 g/mol. The summed E-state index contributed by atoms with van der Waals surface area (Å²) in [4.78, 5) is 23.3. The Kier molecular flexibility index (Phi) is 4.79. The molecule has 26 heavy (non-hydrogen) atoms. The van der Waals surface area contributed by atoms with Crippen molar-refractivity contribution in [3.63, 3.8) is 0 Å². The third-order valence-corrected chi connectivity index (χ3v) is 4.16. The van der Waals surface area contributed by atoms with E-state index in [-0.39, 0.29) is 6.61 Å². The molecule has 0 radical (unpaired) electrons. The molecule has 7 nitrogen and oxygen atoms in total. The number of ether oxygens (including phenoxy) is 2. The van der Waals surface area contributed by atoms with E-state index in [0.717, 1.165) is 22.3 Å². The first kappa shape index (κ1) is 17.7. The summed E-state index contributed by atoms with van der Waals surface area (Å²) >= 11 is 0. The van der Waals surface area contributed by atoms with E-state index in [9.17, 15) is 9.59 Å². The van der Waals surface area contributed by atoms with E-state index >= 15 is 0 Å². The second-order valence-electron chi connectivity index (χ2n) is 6.12. The Bertz CT molecular complexity index is 1030. The van der Waals surface area contributed by atoms with E-state index in [1.807, 2.05) is 32.9 Å². The van der Waals surface area contributed by atoms with Crippen molar-refractivity contribution in [2.45, 2.75) is 27.3 Å². The van der Waals surface area contributed by atoms with Crippen LogP contribution in [0.1, 0.15) is 22.5 Å². The molecule has 0 saturated carbocycles. The molecule has 0 aliphatic heterocycles. The fraction of sp³-hybridized carbons (Fsp3) is 0.316. The van der Waals surface area contributed by atoms with E-state index in [1.54, 1.807) is 10.7 Å². The second-order valence-corrected chi connectivity index (χ2v) is 6.12. The SMILES string of the molecule is COC(=O)COc1ccc2c(C)cc(=O)oc2c1Cn1nc(C)cc1C. The highest BCUT2D eigenvalue weighted by molar-refractivity contribution is 5.85. The lowest BCUT2D eigenvalue weighted by Gasteiger charge is -2.14. The minimum absolute atomic E-state index is 0.234. The summed E-state index contributed by atoms with van der Waals surface area (Å²) in [6.45, 7) is 5.82. The van der Waals surface area contributed by atoms with E-state index in [4.69, 9.17) is 9.15 Å². The largest absolute Gasteiger partial charge is 0.481 e. The van der Waals surface area contributed by atoms with Crippen LogP contribution in [-0.2, 0) is 16.1 Å².